The van der Waals surface area contributed by atoms with Crippen molar-refractivity contribution in [2.45, 2.75) is 19.3 Å². The van der Waals surface area contributed by atoms with Crippen LogP contribution in [-0.2, 0) is 16.0 Å². The van der Waals surface area contributed by atoms with Gasteiger partial charge in [0.15, 0.2) is 0 Å². The van der Waals surface area contributed by atoms with Gasteiger partial charge in [0.25, 0.3) is 0 Å². The first-order chi connectivity index (χ1) is 9.02. The molecule has 0 radical (unpaired) electrons. The number of hydrogen-bond acceptors (Lipinski definition) is 3. The van der Waals surface area contributed by atoms with E-state index in [0.29, 0.717) is 12.8 Å². The zero-order chi connectivity index (χ0) is 14.0. The molecule has 102 valence electrons. The second-order valence-electron chi connectivity index (χ2n) is 4.73. The van der Waals surface area contributed by atoms with E-state index in [1.54, 1.807) is 19.1 Å². The predicted molar refractivity (Wildman–Crippen MR) is 70.5 cm³/mol. The van der Waals surface area contributed by atoms with Crippen LogP contribution in [0.5, 0.6) is 5.75 Å². The highest BCUT2D eigenvalue weighted by molar-refractivity contribution is 5.97. The maximum atomic E-state index is 12.2. The predicted octanol–water partition coefficient (Wildman–Crippen LogP) is 1.70. The molecule has 2 rings (SSSR count). The van der Waals surface area contributed by atoms with Gasteiger partial charge in [-0.15, -0.1) is 0 Å². The first-order valence-corrected chi connectivity index (χ1v) is 6.19. The van der Waals surface area contributed by atoms with Crippen LogP contribution in [0.25, 0.3) is 0 Å². The third kappa shape index (κ3) is 2.70. The van der Waals surface area contributed by atoms with Crippen LogP contribution < -0.4 is 9.64 Å². The van der Waals surface area contributed by atoms with Gasteiger partial charge in [0.2, 0.25) is 5.91 Å². The lowest BCUT2D eigenvalue weighted by atomic mass is 9.88. The van der Waals surface area contributed by atoms with Gasteiger partial charge in [0.1, 0.15) is 5.75 Å². The summed E-state index contributed by atoms with van der Waals surface area (Å²) in [6.45, 7) is 0. The Morgan fingerprint density at radius 2 is 2.26 bits per heavy atom. The Labute approximate surface area is 111 Å². The van der Waals surface area contributed by atoms with E-state index < -0.39 is 5.97 Å². The summed E-state index contributed by atoms with van der Waals surface area (Å²) in [5, 5.41) is 8.73. The van der Waals surface area contributed by atoms with Gasteiger partial charge in [-0.2, -0.15) is 0 Å². The SMILES string of the molecule is COc1ccc2c(c1)C[C@H](CCC(=O)O)C(=O)N2C. The quantitative estimate of drug-likeness (QED) is 0.897. The number of fused-ring (bicyclic) bond motifs is 1. The molecule has 0 aliphatic carbocycles. The Hall–Kier alpha value is -2.04. The van der Waals surface area contributed by atoms with Crippen molar-refractivity contribution < 1.29 is 19.4 Å². The molecule has 19 heavy (non-hydrogen) atoms. The van der Waals surface area contributed by atoms with Gasteiger partial charge in [-0.1, -0.05) is 0 Å². The number of nitrogens with zero attached hydrogens (tertiary/aromatic N) is 1. The van der Waals surface area contributed by atoms with Crippen molar-refractivity contribution >= 4 is 17.6 Å². The van der Waals surface area contributed by atoms with E-state index >= 15 is 0 Å². The standard InChI is InChI=1S/C14H17NO4/c1-15-12-5-4-11(19-2)8-10(12)7-9(14(15)18)3-6-13(16)17/h4-5,8-9H,3,6-7H2,1-2H3,(H,16,17)/t9-/m0/s1. The molecule has 0 saturated heterocycles. The van der Waals surface area contributed by atoms with Crippen molar-refractivity contribution in [1.29, 1.82) is 0 Å². The summed E-state index contributed by atoms with van der Waals surface area (Å²) in [5.74, 6) is -0.398. The third-order valence-corrected chi connectivity index (χ3v) is 3.50. The normalized spacial score (nSPS) is 18.1. The molecule has 1 aliphatic rings. The van der Waals surface area contributed by atoms with Crippen molar-refractivity contribution in [2.24, 2.45) is 5.92 Å². The number of carbonyl (C=O) groups excluding carboxylic acids is 1. The van der Waals surface area contributed by atoms with Gasteiger partial charge >= 0.3 is 5.97 Å². The lowest BCUT2D eigenvalue weighted by molar-refractivity contribution is -0.137. The zero-order valence-corrected chi connectivity index (χ0v) is 11.0. The van der Waals surface area contributed by atoms with Crippen molar-refractivity contribution in [1.82, 2.24) is 0 Å². The highest BCUT2D eigenvalue weighted by Crippen LogP contribution is 2.33. The molecule has 0 aromatic heterocycles. The first kappa shape index (κ1) is 13.4. The number of carboxylic acid groups (broad SMARTS) is 1. The molecule has 1 amide bonds. The average molecular weight is 263 g/mol. The molecule has 5 nitrogen and oxygen atoms in total. The average Bonchev–Trinajstić information content (AvgIpc) is 2.40. The Balaban J connectivity index is 2.24. The second kappa shape index (κ2) is 5.30. The van der Waals surface area contributed by atoms with Crippen LogP contribution in [0, 0.1) is 5.92 Å². The lowest BCUT2D eigenvalue weighted by Crippen LogP contribution is -2.38. The van der Waals surface area contributed by atoms with Gasteiger partial charge < -0.3 is 14.7 Å². The van der Waals surface area contributed by atoms with Crippen LogP contribution in [0.3, 0.4) is 0 Å². The summed E-state index contributed by atoms with van der Waals surface area (Å²) in [7, 11) is 3.32. The van der Waals surface area contributed by atoms with Crippen LogP contribution in [0.1, 0.15) is 18.4 Å². The molecule has 0 spiro atoms. The Morgan fingerprint density at radius 1 is 1.53 bits per heavy atom. The van der Waals surface area contributed by atoms with E-state index in [1.165, 1.54) is 0 Å². The number of hydrogen-bond donors (Lipinski definition) is 1. The minimum atomic E-state index is -0.869. The fourth-order valence-electron chi connectivity index (χ4n) is 2.45. The molecule has 0 unspecified atom stereocenters. The van der Waals surface area contributed by atoms with Crippen LogP contribution in [0.15, 0.2) is 18.2 Å². The zero-order valence-electron chi connectivity index (χ0n) is 11.0. The smallest absolute Gasteiger partial charge is 0.303 e. The van der Waals surface area contributed by atoms with Gasteiger partial charge in [-0.25, -0.2) is 0 Å². The van der Waals surface area contributed by atoms with Crippen LogP contribution in [0.2, 0.25) is 0 Å². The van der Waals surface area contributed by atoms with E-state index in [2.05, 4.69) is 0 Å². The summed E-state index contributed by atoms with van der Waals surface area (Å²) in [6, 6.07) is 5.59. The van der Waals surface area contributed by atoms with E-state index in [4.69, 9.17) is 9.84 Å². The molecular formula is C14H17NO4. The molecule has 0 fully saturated rings. The fraction of sp³-hybridized carbons (Fsp3) is 0.429. The van der Waals surface area contributed by atoms with E-state index in [9.17, 15) is 9.59 Å². The van der Waals surface area contributed by atoms with Crippen molar-refractivity contribution in [3.8, 4) is 5.75 Å². The molecule has 1 aliphatic heterocycles. The largest absolute Gasteiger partial charge is 0.497 e. The minimum Gasteiger partial charge on any atom is -0.497 e. The van der Waals surface area contributed by atoms with Gasteiger partial charge in [-0.05, 0) is 36.6 Å². The van der Waals surface area contributed by atoms with Crippen LogP contribution in [0.4, 0.5) is 5.69 Å². The van der Waals surface area contributed by atoms with E-state index in [-0.39, 0.29) is 18.2 Å². The molecule has 1 aromatic rings. The highest BCUT2D eigenvalue weighted by atomic mass is 16.5. The van der Waals surface area contributed by atoms with E-state index in [1.807, 2.05) is 18.2 Å². The molecular weight excluding hydrogens is 246 g/mol. The van der Waals surface area contributed by atoms with Crippen molar-refractivity contribution in [3.05, 3.63) is 23.8 Å². The number of carboxylic acids is 1. The molecule has 0 saturated carbocycles. The Kier molecular flexibility index (Phi) is 3.74. The number of ether oxygens (including phenoxy) is 1. The summed E-state index contributed by atoms with van der Waals surface area (Å²) < 4.78 is 5.18. The number of benzene rings is 1. The van der Waals surface area contributed by atoms with Gasteiger partial charge in [0, 0.05) is 25.1 Å². The number of rotatable bonds is 4. The summed E-state index contributed by atoms with van der Waals surface area (Å²) >= 11 is 0. The van der Waals surface area contributed by atoms with Gasteiger partial charge in [-0.3, -0.25) is 9.59 Å². The van der Waals surface area contributed by atoms with Gasteiger partial charge in [0.05, 0.1) is 7.11 Å². The molecule has 1 N–H and O–H groups in total. The fourth-order valence-corrected chi connectivity index (χ4v) is 2.45. The molecule has 1 atom stereocenters. The summed E-state index contributed by atoms with van der Waals surface area (Å²) in [4.78, 5) is 24.4. The lowest BCUT2D eigenvalue weighted by Gasteiger charge is -2.31. The highest BCUT2D eigenvalue weighted by Gasteiger charge is 2.30. The second-order valence-corrected chi connectivity index (χ2v) is 4.73. The molecule has 5 heteroatoms. The summed E-state index contributed by atoms with van der Waals surface area (Å²) in [5.41, 5.74) is 1.90. The first-order valence-electron chi connectivity index (χ1n) is 6.19. The molecule has 1 aromatic carbocycles. The van der Waals surface area contributed by atoms with Crippen molar-refractivity contribution in [2.75, 3.05) is 19.1 Å². The van der Waals surface area contributed by atoms with Crippen molar-refractivity contribution in [3.63, 3.8) is 0 Å². The van der Waals surface area contributed by atoms with Crippen LogP contribution >= 0.6 is 0 Å². The Bertz CT molecular complexity index is 512. The summed E-state index contributed by atoms with van der Waals surface area (Å²) in [6.07, 6.45) is 0.960. The van der Waals surface area contributed by atoms with E-state index in [0.717, 1.165) is 17.0 Å². The third-order valence-electron chi connectivity index (χ3n) is 3.50. The topological polar surface area (TPSA) is 66.8 Å². The monoisotopic (exact) mass is 263 g/mol. The maximum absolute atomic E-state index is 12.2. The number of carbonyl (C=O) groups is 2. The Morgan fingerprint density at radius 3 is 2.89 bits per heavy atom. The number of amides is 1. The van der Waals surface area contributed by atoms with Crippen LogP contribution in [-0.4, -0.2) is 31.1 Å². The molecule has 1 heterocycles. The number of aliphatic carboxylic acids is 1. The maximum Gasteiger partial charge on any atom is 0.303 e. The minimum absolute atomic E-state index is 0.0149. The number of anilines is 1. The molecule has 0 bridgehead atoms. The number of methoxy groups -OCH3 is 1.